The van der Waals surface area contributed by atoms with E-state index >= 15 is 0 Å². The Hall–Kier alpha value is -2.23. The van der Waals surface area contributed by atoms with E-state index in [0.29, 0.717) is 37.7 Å². The zero-order valence-corrected chi connectivity index (χ0v) is 16.8. The van der Waals surface area contributed by atoms with Gasteiger partial charge in [-0.15, -0.1) is 0 Å². The highest BCUT2D eigenvalue weighted by molar-refractivity contribution is 5.94. The molecule has 0 saturated carbocycles. The Balaban J connectivity index is 4.21. The van der Waals surface area contributed by atoms with E-state index in [4.69, 9.17) is 4.74 Å². The molecule has 0 atom stereocenters. The number of ether oxygens (including phenoxy) is 1. The van der Waals surface area contributed by atoms with Gasteiger partial charge in [0, 0.05) is 19.8 Å². The first-order chi connectivity index (χ1) is 12.1. The van der Waals surface area contributed by atoms with E-state index in [0.717, 1.165) is 16.7 Å². The summed E-state index contributed by atoms with van der Waals surface area (Å²) >= 11 is 0. The van der Waals surface area contributed by atoms with Crippen LogP contribution in [0.2, 0.25) is 0 Å². The summed E-state index contributed by atoms with van der Waals surface area (Å²) in [5.41, 5.74) is 3.63. The number of Topliss-reactive ketones (excluding diaryl/α,β-unsaturated/α-hetero) is 1. The largest absolute Gasteiger partial charge is 0.462 e. The molecule has 0 unspecified atom stereocenters. The molecule has 0 bridgehead atoms. The molecule has 0 aliphatic rings. The maximum atomic E-state index is 12.1. The molecular formula is C22H32O4. The van der Waals surface area contributed by atoms with E-state index in [1.165, 1.54) is 6.92 Å². The van der Waals surface area contributed by atoms with Crippen LogP contribution in [-0.2, 0) is 19.1 Å². The van der Waals surface area contributed by atoms with Crippen molar-refractivity contribution in [1.82, 2.24) is 0 Å². The van der Waals surface area contributed by atoms with Gasteiger partial charge in [0.2, 0.25) is 0 Å². The highest BCUT2D eigenvalue weighted by Gasteiger charge is 2.07. The number of carbonyl (C=O) groups excluding carboxylic acids is 3. The van der Waals surface area contributed by atoms with Crippen molar-refractivity contribution in [3.05, 3.63) is 47.1 Å². The van der Waals surface area contributed by atoms with E-state index in [2.05, 4.69) is 6.58 Å². The Morgan fingerprint density at radius 1 is 0.885 bits per heavy atom. The second-order valence-electron chi connectivity index (χ2n) is 6.83. The molecule has 0 aliphatic heterocycles. The fourth-order valence-electron chi connectivity index (χ4n) is 2.24. The van der Waals surface area contributed by atoms with Crippen LogP contribution < -0.4 is 0 Å². The van der Waals surface area contributed by atoms with Crippen molar-refractivity contribution in [2.45, 2.75) is 66.7 Å². The standard InChI is InChI=1S/C22H32O4/c1-16(2)14-21(24)15-18(4)8-7-9-19(5)22(25)11-10-17(3)12-13-26-20(6)23/h8,12,14H,5,7,9-11,13,15H2,1-4,6H3/b17-12+,18-8+. The van der Waals surface area contributed by atoms with Crippen LogP contribution in [0.3, 0.4) is 0 Å². The van der Waals surface area contributed by atoms with Gasteiger partial charge >= 0.3 is 5.97 Å². The smallest absolute Gasteiger partial charge is 0.302 e. The lowest BCUT2D eigenvalue weighted by molar-refractivity contribution is -0.139. The number of hydrogen-bond acceptors (Lipinski definition) is 4. The van der Waals surface area contributed by atoms with Crippen molar-refractivity contribution in [2.24, 2.45) is 0 Å². The van der Waals surface area contributed by atoms with Crippen molar-refractivity contribution in [1.29, 1.82) is 0 Å². The van der Waals surface area contributed by atoms with Crippen molar-refractivity contribution in [2.75, 3.05) is 6.61 Å². The lowest BCUT2D eigenvalue weighted by atomic mass is 10.00. The Morgan fingerprint density at radius 2 is 1.54 bits per heavy atom. The van der Waals surface area contributed by atoms with Gasteiger partial charge in [-0.3, -0.25) is 14.4 Å². The van der Waals surface area contributed by atoms with Crippen molar-refractivity contribution in [3.63, 3.8) is 0 Å². The van der Waals surface area contributed by atoms with Gasteiger partial charge in [0.05, 0.1) is 0 Å². The predicted octanol–water partition coefficient (Wildman–Crippen LogP) is 5.05. The maximum absolute atomic E-state index is 12.1. The Kier molecular flexibility index (Phi) is 11.9. The highest BCUT2D eigenvalue weighted by Crippen LogP contribution is 2.14. The molecule has 0 spiro atoms. The third-order valence-electron chi connectivity index (χ3n) is 3.70. The molecule has 0 saturated heterocycles. The first-order valence-corrected chi connectivity index (χ1v) is 8.95. The molecule has 26 heavy (non-hydrogen) atoms. The van der Waals surface area contributed by atoms with Crippen LogP contribution in [0.5, 0.6) is 0 Å². The van der Waals surface area contributed by atoms with Crippen LogP contribution in [0.4, 0.5) is 0 Å². The summed E-state index contributed by atoms with van der Waals surface area (Å²) in [5.74, 6) is -0.161. The molecule has 0 aliphatic carbocycles. The summed E-state index contributed by atoms with van der Waals surface area (Å²) in [7, 11) is 0. The van der Waals surface area contributed by atoms with Crippen LogP contribution in [-0.4, -0.2) is 24.1 Å². The fourth-order valence-corrected chi connectivity index (χ4v) is 2.24. The Bertz CT molecular complexity index is 614. The lowest BCUT2D eigenvalue weighted by Crippen LogP contribution is -2.02. The Labute approximate surface area is 157 Å². The first-order valence-electron chi connectivity index (χ1n) is 8.95. The molecule has 0 aromatic carbocycles. The van der Waals surface area contributed by atoms with Crippen LogP contribution in [0.25, 0.3) is 0 Å². The fraction of sp³-hybridized carbons (Fsp3) is 0.500. The molecule has 0 radical (unpaired) electrons. The van der Waals surface area contributed by atoms with Gasteiger partial charge in [-0.05, 0) is 64.7 Å². The third kappa shape index (κ3) is 13.1. The summed E-state index contributed by atoms with van der Waals surface area (Å²) in [6.45, 7) is 13.1. The van der Waals surface area contributed by atoms with E-state index < -0.39 is 0 Å². The van der Waals surface area contributed by atoms with Gasteiger partial charge in [-0.1, -0.05) is 29.4 Å². The molecule has 0 rings (SSSR count). The lowest BCUT2D eigenvalue weighted by Gasteiger charge is -2.05. The van der Waals surface area contributed by atoms with Crippen LogP contribution >= 0.6 is 0 Å². The second-order valence-corrected chi connectivity index (χ2v) is 6.83. The molecular weight excluding hydrogens is 328 g/mol. The summed E-state index contributed by atoms with van der Waals surface area (Å²) in [5, 5.41) is 0. The van der Waals surface area contributed by atoms with Gasteiger partial charge in [0.25, 0.3) is 0 Å². The molecule has 144 valence electrons. The molecule has 0 aromatic heterocycles. The minimum atomic E-state index is -0.315. The molecule has 0 fully saturated rings. The second kappa shape index (κ2) is 13.0. The predicted molar refractivity (Wildman–Crippen MR) is 106 cm³/mol. The quantitative estimate of drug-likeness (QED) is 0.277. The topological polar surface area (TPSA) is 60.4 Å². The molecule has 0 aromatic rings. The van der Waals surface area contributed by atoms with E-state index in [1.807, 2.05) is 39.8 Å². The highest BCUT2D eigenvalue weighted by atomic mass is 16.5. The minimum absolute atomic E-state index is 0.0527. The van der Waals surface area contributed by atoms with Crippen LogP contribution in [0.1, 0.15) is 66.7 Å². The zero-order chi connectivity index (χ0) is 20.1. The molecule has 0 N–H and O–H groups in total. The van der Waals surface area contributed by atoms with Gasteiger partial charge in [-0.25, -0.2) is 0 Å². The number of allylic oxidation sites excluding steroid dienone is 6. The average molecular weight is 360 g/mol. The summed E-state index contributed by atoms with van der Waals surface area (Å²) in [6, 6.07) is 0. The number of carbonyl (C=O) groups is 3. The molecule has 0 amide bonds. The number of ketones is 2. The number of esters is 1. The first kappa shape index (κ1) is 23.8. The van der Waals surface area contributed by atoms with Crippen molar-refractivity contribution < 1.29 is 19.1 Å². The molecule has 4 nitrogen and oxygen atoms in total. The maximum Gasteiger partial charge on any atom is 0.302 e. The van der Waals surface area contributed by atoms with Crippen molar-refractivity contribution in [3.8, 4) is 0 Å². The number of rotatable bonds is 12. The van der Waals surface area contributed by atoms with Gasteiger partial charge < -0.3 is 4.74 Å². The SMILES string of the molecule is C=C(CC/C=C(\C)CC(=O)C=C(C)C)C(=O)CC/C(C)=C/COC(C)=O. The Morgan fingerprint density at radius 3 is 2.12 bits per heavy atom. The minimum Gasteiger partial charge on any atom is -0.462 e. The van der Waals surface area contributed by atoms with Crippen LogP contribution in [0, 0.1) is 0 Å². The average Bonchev–Trinajstić information content (AvgIpc) is 2.50. The monoisotopic (exact) mass is 360 g/mol. The van der Waals surface area contributed by atoms with Crippen LogP contribution in [0.15, 0.2) is 47.1 Å². The third-order valence-corrected chi connectivity index (χ3v) is 3.70. The van der Waals surface area contributed by atoms with Gasteiger partial charge in [0.1, 0.15) is 6.61 Å². The molecule has 4 heteroatoms. The van der Waals surface area contributed by atoms with E-state index in [-0.39, 0.29) is 24.1 Å². The summed E-state index contributed by atoms with van der Waals surface area (Å²) in [4.78, 5) is 34.5. The zero-order valence-electron chi connectivity index (χ0n) is 16.8. The van der Waals surface area contributed by atoms with E-state index in [1.54, 1.807) is 6.08 Å². The normalized spacial score (nSPS) is 11.7. The van der Waals surface area contributed by atoms with Gasteiger partial charge in [-0.2, -0.15) is 0 Å². The summed E-state index contributed by atoms with van der Waals surface area (Å²) < 4.78 is 4.84. The summed E-state index contributed by atoms with van der Waals surface area (Å²) in [6.07, 6.45) is 8.22. The molecule has 0 heterocycles. The van der Waals surface area contributed by atoms with Gasteiger partial charge in [0.15, 0.2) is 11.6 Å². The van der Waals surface area contributed by atoms with Crippen molar-refractivity contribution >= 4 is 17.5 Å². The number of hydrogen-bond donors (Lipinski definition) is 0. The van der Waals surface area contributed by atoms with E-state index in [9.17, 15) is 14.4 Å².